The largest absolute Gasteiger partial charge is 0.496 e. The Bertz CT molecular complexity index is 1070. The molecular formula is C21H18N4O3. The van der Waals surface area contributed by atoms with Gasteiger partial charge in [0.15, 0.2) is 5.76 Å². The van der Waals surface area contributed by atoms with Crippen LogP contribution in [0.15, 0.2) is 71.5 Å². The molecule has 0 aliphatic heterocycles. The van der Waals surface area contributed by atoms with E-state index in [0.717, 1.165) is 16.8 Å². The number of hydrogen-bond acceptors (Lipinski definition) is 5. The molecule has 2 N–H and O–H groups in total. The van der Waals surface area contributed by atoms with E-state index in [-0.39, 0.29) is 5.91 Å². The maximum absolute atomic E-state index is 12.4. The van der Waals surface area contributed by atoms with E-state index in [4.69, 9.17) is 9.15 Å². The van der Waals surface area contributed by atoms with Crippen LogP contribution in [0, 0.1) is 0 Å². The van der Waals surface area contributed by atoms with E-state index in [1.807, 2.05) is 48.5 Å². The van der Waals surface area contributed by atoms with Crippen molar-refractivity contribution in [2.75, 3.05) is 7.11 Å². The van der Waals surface area contributed by atoms with Crippen molar-refractivity contribution in [1.82, 2.24) is 20.5 Å². The van der Waals surface area contributed by atoms with Crippen molar-refractivity contribution < 1.29 is 13.9 Å². The van der Waals surface area contributed by atoms with Crippen LogP contribution in [-0.4, -0.2) is 28.2 Å². The lowest BCUT2D eigenvalue weighted by Gasteiger charge is -2.05. The number of aromatic nitrogens is 3. The van der Waals surface area contributed by atoms with Gasteiger partial charge in [0.05, 0.1) is 19.1 Å². The Hall–Kier alpha value is -3.87. The van der Waals surface area contributed by atoms with Crippen molar-refractivity contribution in [2.45, 2.75) is 6.54 Å². The Kier molecular flexibility index (Phi) is 4.88. The number of amides is 1. The first-order valence-electron chi connectivity index (χ1n) is 8.70. The molecule has 4 rings (SSSR count). The second-order valence-electron chi connectivity index (χ2n) is 6.08. The maximum Gasteiger partial charge on any atom is 0.269 e. The minimum absolute atomic E-state index is 0.247. The van der Waals surface area contributed by atoms with Gasteiger partial charge >= 0.3 is 0 Å². The normalized spacial score (nSPS) is 10.6. The lowest BCUT2D eigenvalue weighted by molar-refractivity contribution is 0.0946. The molecule has 0 atom stereocenters. The number of methoxy groups -OCH3 is 1. The highest BCUT2D eigenvalue weighted by molar-refractivity contribution is 5.93. The Balaban J connectivity index is 1.41. The van der Waals surface area contributed by atoms with E-state index >= 15 is 0 Å². The zero-order valence-electron chi connectivity index (χ0n) is 15.2. The number of nitrogens with one attached hydrogen (secondary N) is 2. The average molecular weight is 374 g/mol. The number of hydrogen-bond donors (Lipinski definition) is 2. The number of furan rings is 1. The molecule has 7 nitrogen and oxygen atoms in total. The molecule has 0 saturated heterocycles. The third-order valence-electron chi connectivity index (χ3n) is 4.26. The van der Waals surface area contributed by atoms with E-state index in [0.29, 0.717) is 29.4 Å². The summed E-state index contributed by atoms with van der Waals surface area (Å²) in [6, 6.07) is 16.6. The number of rotatable bonds is 6. The number of pyridine rings is 1. The zero-order valence-corrected chi connectivity index (χ0v) is 15.2. The van der Waals surface area contributed by atoms with Crippen molar-refractivity contribution >= 4 is 5.91 Å². The number of nitrogens with zero attached hydrogens (tertiary/aromatic N) is 2. The van der Waals surface area contributed by atoms with Gasteiger partial charge in [0.25, 0.3) is 5.91 Å². The van der Waals surface area contributed by atoms with Crippen LogP contribution in [0.1, 0.15) is 16.1 Å². The first-order chi connectivity index (χ1) is 13.7. The van der Waals surface area contributed by atoms with Crippen LogP contribution < -0.4 is 10.1 Å². The molecule has 0 unspecified atom stereocenters. The summed E-state index contributed by atoms with van der Waals surface area (Å²) in [5, 5.41) is 9.85. The van der Waals surface area contributed by atoms with E-state index in [2.05, 4.69) is 20.5 Å². The van der Waals surface area contributed by atoms with E-state index < -0.39 is 0 Å². The Morgan fingerprint density at radius 2 is 2.04 bits per heavy atom. The smallest absolute Gasteiger partial charge is 0.269 e. The molecule has 0 spiro atoms. The van der Waals surface area contributed by atoms with Crippen LogP contribution in [-0.2, 0) is 6.54 Å². The van der Waals surface area contributed by atoms with Crippen molar-refractivity contribution in [2.24, 2.45) is 0 Å². The molecule has 140 valence electrons. The van der Waals surface area contributed by atoms with Gasteiger partial charge < -0.3 is 14.5 Å². The van der Waals surface area contributed by atoms with E-state index in [9.17, 15) is 4.79 Å². The standard InChI is InChI=1S/C21H18N4O3/c1-27-19-6-3-2-5-15(19)17-11-18(25-24-17)21(26)23-13-14-8-9-16(22-12-14)20-7-4-10-28-20/h2-12H,13H2,1H3,(H,23,26)(H,24,25). The molecular weight excluding hydrogens is 356 g/mol. The second-order valence-corrected chi connectivity index (χ2v) is 6.08. The fraction of sp³-hybridized carbons (Fsp3) is 0.0952. The summed E-state index contributed by atoms with van der Waals surface area (Å²) in [4.78, 5) is 16.8. The minimum atomic E-state index is -0.247. The number of aromatic amines is 1. The van der Waals surface area contributed by atoms with Gasteiger partial charge in [0.1, 0.15) is 17.1 Å². The molecule has 1 amide bonds. The number of carbonyl (C=O) groups excluding carboxylic acids is 1. The van der Waals surface area contributed by atoms with E-state index in [1.54, 1.807) is 25.6 Å². The van der Waals surface area contributed by atoms with E-state index in [1.165, 1.54) is 0 Å². The molecule has 3 aromatic heterocycles. The van der Waals surface area contributed by atoms with Crippen LogP contribution in [0.3, 0.4) is 0 Å². The second kappa shape index (κ2) is 7.79. The molecule has 7 heteroatoms. The van der Waals surface area contributed by atoms with Crippen LogP contribution in [0.5, 0.6) is 5.75 Å². The summed E-state index contributed by atoms with van der Waals surface area (Å²) >= 11 is 0. The monoisotopic (exact) mass is 374 g/mol. The maximum atomic E-state index is 12.4. The SMILES string of the molecule is COc1ccccc1-c1cc(C(=O)NCc2ccc(-c3ccco3)nc2)[nH]n1. The summed E-state index contributed by atoms with van der Waals surface area (Å²) < 4.78 is 10.7. The predicted molar refractivity (Wildman–Crippen MR) is 104 cm³/mol. The van der Waals surface area contributed by atoms with Crippen molar-refractivity contribution in [3.63, 3.8) is 0 Å². The fourth-order valence-corrected chi connectivity index (χ4v) is 2.81. The molecule has 3 heterocycles. The fourth-order valence-electron chi connectivity index (χ4n) is 2.81. The van der Waals surface area contributed by atoms with Gasteiger partial charge in [-0.2, -0.15) is 5.10 Å². The molecule has 0 aliphatic rings. The lowest BCUT2D eigenvalue weighted by atomic mass is 10.1. The Labute approximate surface area is 161 Å². The quantitative estimate of drug-likeness (QED) is 0.537. The highest BCUT2D eigenvalue weighted by Crippen LogP contribution is 2.28. The molecule has 0 saturated carbocycles. The summed E-state index contributed by atoms with van der Waals surface area (Å²) in [5.41, 5.74) is 3.47. The van der Waals surface area contributed by atoms with Crippen molar-refractivity contribution in [1.29, 1.82) is 0 Å². The van der Waals surface area contributed by atoms with Gasteiger partial charge in [0, 0.05) is 18.3 Å². The number of ether oxygens (including phenoxy) is 1. The predicted octanol–water partition coefficient (Wildman–Crippen LogP) is 3.67. The lowest BCUT2D eigenvalue weighted by Crippen LogP contribution is -2.23. The minimum Gasteiger partial charge on any atom is -0.496 e. The molecule has 0 fully saturated rings. The third-order valence-corrected chi connectivity index (χ3v) is 4.26. The molecule has 28 heavy (non-hydrogen) atoms. The first-order valence-corrected chi connectivity index (χ1v) is 8.70. The van der Waals surface area contributed by atoms with Gasteiger partial charge in [-0.3, -0.25) is 14.9 Å². The third kappa shape index (κ3) is 3.64. The Morgan fingerprint density at radius 1 is 1.14 bits per heavy atom. The van der Waals surface area contributed by atoms with Crippen LogP contribution in [0.2, 0.25) is 0 Å². The summed E-state index contributed by atoms with van der Waals surface area (Å²) in [6.45, 7) is 0.354. The van der Waals surface area contributed by atoms with Gasteiger partial charge in [-0.1, -0.05) is 18.2 Å². The number of carbonyl (C=O) groups is 1. The van der Waals surface area contributed by atoms with Gasteiger partial charge in [-0.05, 0) is 42.0 Å². The van der Waals surface area contributed by atoms with Crippen molar-refractivity contribution in [3.8, 4) is 28.5 Å². The first kappa shape index (κ1) is 17.5. The number of para-hydroxylation sites is 1. The molecule has 1 aromatic carbocycles. The highest BCUT2D eigenvalue weighted by Gasteiger charge is 2.13. The summed E-state index contributed by atoms with van der Waals surface area (Å²) in [6.07, 6.45) is 3.32. The number of benzene rings is 1. The Morgan fingerprint density at radius 3 is 2.79 bits per heavy atom. The molecule has 0 bridgehead atoms. The van der Waals surface area contributed by atoms with Gasteiger partial charge in [-0.25, -0.2) is 0 Å². The summed E-state index contributed by atoms with van der Waals surface area (Å²) in [7, 11) is 1.60. The number of H-pyrrole nitrogens is 1. The van der Waals surface area contributed by atoms with Crippen LogP contribution in [0.25, 0.3) is 22.7 Å². The molecule has 0 radical (unpaired) electrons. The topological polar surface area (TPSA) is 93.0 Å². The molecule has 0 aliphatic carbocycles. The zero-order chi connectivity index (χ0) is 19.3. The molecule has 4 aromatic rings. The van der Waals surface area contributed by atoms with Gasteiger partial charge in [0.2, 0.25) is 0 Å². The van der Waals surface area contributed by atoms with Crippen LogP contribution in [0.4, 0.5) is 0 Å². The van der Waals surface area contributed by atoms with Crippen LogP contribution >= 0.6 is 0 Å². The highest BCUT2D eigenvalue weighted by atomic mass is 16.5. The summed E-state index contributed by atoms with van der Waals surface area (Å²) in [5.74, 6) is 1.16. The van der Waals surface area contributed by atoms with Gasteiger partial charge in [-0.15, -0.1) is 0 Å². The average Bonchev–Trinajstić information content (AvgIpc) is 3.44. The van der Waals surface area contributed by atoms with Crippen molar-refractivity contribution in [3.05, 3.63) is 78.3 Å².